The van der Waals surface area contributed by atoms with Crippen molar-refractivity contribution in [1.29, 1.82) is 0 Å². The molecule has 0 radical (unpaired) electrons. The lowest BCUT2D eigenvalue weighted by Gasteiger charge is -2.36. The Morgan fingerprint density at radius 1 is 1.50 bits per heavy atom. The number of hydrogen-bond acceptors (Lipinski definition) is 4. The Balaban J connectivity index is 1.83. The van der Waals surface area contributed by atoms with Crippen molar-refractivity contribution in [3.05, 3.63) is 30.1 Å². The van der Waals surface area contributed by atoms with E-state index in [0.717, 1.165) is 19.3 Å². The molecule has 3 N–H and O–H groups in total. The summed E-state index contributed by atoms with van der Waals surface area (Å²) in [4.78, 5) is 15.3. The third-order valence-corrected chi connectivity index (χ3v) is 3.05. The molecular formula is C13H16N2O3. The van der Waals surface area contributed by atoms with Crippen LogP contribution in [-0.4, -0.2) is 33.3 Å². The number of aromatic nitrogens is 1. The summed E-state index contributed by atoms with van der Waals surface area (Å²) >= 11 is 0. The molecule has 0 saturated heterocycles. The van der Waals surface area contributed by atoms with E-state index < -0.39 is 5.60 Å². The highest BCUT2D eigenvalue weighted by molar-refractivity contribution is 5.91. The quantitative estimate of drug-likeness (QED) is 0.689. The number of aromatic hydroxyl groups is 1. The van der Waals surface area contributed by atoms with Gasteiger partial charge in [0.2, 0.25) is 5.91 Å². The maximum Gasteiger partial charge on any atom is 0.244 e. The van der Waals surface area contributed by atoms with Crippen molar-refractivity contribution in [2.24, 2.45) is 0 Å². The summed E-state index contributed by atoms with van der Waals surface area (Å²) in [6.45, 7) is 0.286. The van der Waals surface area contributed by atoms with E-state index in [9.17, 15) is 15.0 Å². The standard InChI is InChI=1S/C13H16N2O3/c16-11-6-10(7-14-8-11)2-3-12(17)15-9-13(18)4-1-5-13/h2-3,6-8,16,18H,1,4-5,9H2,(H,15,17)/b3-2+. The monoisotopic (exact) mass is 248 g/mol. The summed E-state index contributed by atoms with van der Waals surface area (Å²) < 4.78 is 0. The first-order valence-corrected chi connectivity index (χ1v) is 5.90. The van der Waals surface area contributed by atoms with Crippen LogP contribution in [0.1, 0.15) is 24.8 Å². The number of amides is 1. The average molecular weight is 248 g/mol. The molecule has 5 heteroatoms. The second-order valence-corrected chi connectivity index (χ2v) is 4.61. The fraction of sp³-hybridized carbons (Fsp3) is 0.385. The predicted molar refractivity (Wildman–Crippen MR) is 66.7 cm³/mol. The summed E-state index contributed by atoms with van der Waals surface area (Å²) in [5.74, 6) is -0.208. The molecule has 2 rings (SSSR count). The Hall–Kier alpha value is -1.88. The highest BCUT2D eigenvalue weighted by Gasteiger charge is 2.34. The highest BCUT2D eigenvalue weighted by Crippen LogP contribution is 2.30. The number of nitrogens with one attached hydrogen (secondary N) is 1. The average Bonchev–Trinajstić information content (AvgIpc) is 2.31. The molecule has 1 aliphatic rings. The molecule has 5 nitrogen and oxygen atoms in total. The normalized spacial score (nSPS) is 17.4. The summed E-state index contributed by atoms with van der Waals surface area (Å²) in [6, 6.07) is 1.51. The number of rotatable bonds is 4. The van der Waals surface area contributed by atoms with Crippen molar-refractivity contribution in [1.82, 2.24) is 10.3 Å². The molecule has 0 spiro atoms. The van der Waals surface area contributed by atoms with Crippen LogP contribution < -0.4 is 5.32 Å². The second-order valence-electron chi connectivity index (χ2n) is 4.61. The summed E-state index contributed by atoms with van der Waals surface area (Å²) in [6.07, 6.45) is 8.29. The Bertz CT molecular complexity index is 467. The van der Waals surface area contributed by atoms with E-state index in [0.29, 0.717) is 5.56 Å². The van der Waals surface area contributed by atoms with Crippen LogP contribution in [0.15, 0.2) is 24.5 Å². The van der Waals surface area contributed by atoms with Gasteiger partial charge in [0.1, 0.15) is 5.75 Å². The zero-order chi connectivity index (χ0) is 13.0. The minimum absolute atomic E-state index is 0.0568. The number of pyridine rings is 1. The fourth-order valence-corrected chi connectivity index (χ4v) is 1.78. The molecule has 0 atom stereocenters. The first-order valence-electron chi connectivity index (χ1n) is 5.90. The molecule has 1 amide bonds. The van der Waals surface area contributed by atoms with E-state index in [1.165, 1.54) is 18.3 Å². The third kappa shape index (κ3) is 3.30. The number of nitrogens with zero attached hydrogens (tertiary/aromatic N) is 1. The lowest BCUT2D eigenvalue weighted by atomic mass is 9.80. The molecule has 0 bridgehead atoms. The van der Waals surface area contributed by atoms with Gasteiger partial charge in [-0.1, -0.05) is 0 Å². The van der Waals surface area contributed by atoms with Gasteiger partial charge >= 0.3 is 0 Å². The molecule has 0 aliphatic heterocycles. The van der Waals surface area contributed by atoms with E-state index >= 15 is 0 Å². The summed E-state index contributed by atoms with van der Waals surface area (Å²) in [5.41, 5.74) is -0.0664. The van der Waals surface area contributed by atoms with Crippen LogP contribution in [0.4, 0.5) is 0 Å². The molecule has 1 saturated carbocycles. The third-order valence-electron chi connectivity index (χ3n) is 3.05. The van der Waals surface area contributed by atoms with Gasteiger partial charge in [-0.3, -0.25) is 9.78 Å². The predicted octanol–water partition coefficient (Wildman–Crippen LogP) is 0.832. The zero-order valence-electron chi connectivity index (χ0n) is 9.97. The zero-order valence-corrected chi connectivity index (χ0v) is 9.97. The maximum atomic E-state index is 11.5. The van der Waals surface area contributed by atoms with Gasteiger partial charge in [-0.15, -0.1) is 0 Å². The lowest BCUT2D eigenvalue weighted by molar-refractivity contribution is -0.118. The molecular weight excluding hydrogens is 232 g/mol. The van der Waals surface area contributed by atoms with Gasteiger partial charge in [-0.05, 0) is 37.0 Å². The summed E-state index contributed by atoms with van der Waals surface area (Å²) in [7, 11) is 0. The first-order chi connectivity index (χ1) is 8.57. The second kappa shape index (κ2) is 5.18. The van der Waals surface area contributed by atoms with Crippen molar-refractivity contribution in [3.63, 3.8) is 0 Å². The fourth-order valence-electron chi connectivity index (χ4n) is 1.78. The van der Waals surface area contributed by atoms with Crippen LogP contribution >= 0.6 is 0 Å². The molecule has 0 unspecified atom stereocenters. The van der Waals surface area contributed by atoms with E-state index in [-0.39, 0.29) is 18.2 Å². The molecule has 1 aromatic heterocycles. The van der Waals surface area contributed by atoms with Gasteiger partial charge in [0.05, 0.1) is 11.8 Å². The van der Waals surface area contributed by atoms with Crippen molar-refractivity contribution < 1.29 is 15.0 Å². The maximum absolute atomic E-state index is 11.5. The Kier molecular flexibility index (Phi) is 3.62. The Morgan fingerprint density at radius 2 is 2.28 bits per heavy atom. The summed E-state index contributed by atoms with van der Waals surface area (Å²) in [5, 5.41) is 21.6. The molecule has 1 aromatic rings. The number of carbonyl (C=O) groups is 1. The Labute approximate surface area is 105 Å². The largest absolute Gasteiger partial charge is 0.506 e. The van der Waals surface area contributed by atoms with Crippen molar-refractivity contribution in [3.8, 4) is 5.75 Å². The van der Waals surface area contributed by atoms with Crippen molar-refractivity contribution >= 4 is 12.0 Å². The van der Waals surface area contributed by atoms with E-state index in [1.807, 2.05) is 0 Å². The van der Waals surface area contributed by atoms with Gasteiger partial charge in [0.25, 0.3) is 0 Å². The SMILES string of the molecule is O=C(/C=C/c1cncc(O)c1)NCC1(O)CCC1. The molecule has 96 valence electrons. The van der Waals surface area contributed by atoms with Crippen LogP contribution in [0.5, 0.6) is 5.75 Å². The number of hydrogen-bond donors (Lipinski definition) is 3. The van der Waals surface area contributed by atoms with Gasteiger partial charge in [-0.2, -0.15) is 0 Å². The van der Waals surface area contributed by atoms with Crippen LogP contribution in [0.3, 0.4) is 0 Å². The lowest BCUT2D eigenvalue weighted by Crippen LogP contribution is -2.47. The minimum Gasteiger partial charge on any atom is -0.506 e. The molecule has 1 aliphatic carbocycles. The van der Waals surface area contributed by atoms with Crippen molar-refractivity contribution in [2.45, 2.75) is 24.9 Å². The smallest absolute Gasteiger partial charge is 0.244 e. The van der Waals surface area contributed by atoms with Crippen LogP contribution in [0, 0.1) is 0 Å². The van der Waals surface area contributed by atoms with Gasteiger partial charge in [-0.25, -0.2) is 0 Å². The van der Waals surface area contributed by atoms with Gasteiger partial charge < -0.3 is 15.5 Å². The van der Waals surface area contributed by atoms with Crippen LogP contribution in [0.2, 0.25) is 0 Å². The minimum atomic E-state index is -0.712. The molecule has 18 heavy (non-hydrogen) atoms. The highest BCUT2D eigenvalue weighted by atomic mass is 16.3. The molecule has 0 aromatic carbocycles. The Morgan fingerprint density at radius 3 is 2.89 bits per heavy atom. The van der Waals surface area contributed by atoms with Gasteiger partial charge in [0, 0.05) is 18.8 Å². The van der Waals surface area contributed by atoms with E-state index in [4.69, 9.17) is 0 Å². The van der Waals surface area contributed by atoms with Crippen LogP contribution in [0.25, 0.3) is 6.08 Å². The number of aliphatic hydroxyl groups is 1. The number of carbonyl (C=O) groups excluding carboxylic acids is 1. The first kappa shape index (κ1) is 12.6. The van der Waals surface area contributed by atoms with Crippen LogP contribution in [-0.2, 0) is 4.79 Å². The van der Waals surface area contributed by atoms with Gasteiger partial charge in [0.15, 0.2) is 0 Å². The van der Waals surface area contributed by atoms with E-state index in [2.05, 4.69) is 10.3 Å². The molecule has 1 fully saturated rings. The van der Waals surface area contributed by atoms with E-state index in [1.54, 1.807) is 12.3 Å². The topological polar surface area (TPSA) is 82.5 Å². The molecule has 1 heterocycles. The van der Waals surface area contributed by atoms with Crippen molar-refractivity contribution in [2.75, 3.05) is 6.54 Å².